The molecular formula is C20H20N6O2. The van der Waals surface area contributed by atoms with Gasteiger partial charge in [0.2, 0.25) is 5.95 Å². The highest BCUT2D eigenvalue weighted by molar-refractivity contribution is 5.99. The minimum atomic E-state index is -0.112. The number of fused-ring (bicyclic) bond motifs is 4. The van der Waals surface area contributed by atoms with Gasteiger partial charge in [0.25, 0.3) is 5.91 Å². The molecule has 1 aliphatic heterocycles. The number of nitrogens with one attached hydrogen (secondary N) is 2. The highest BCUT2D eigenvalue weighted by Gasteiger charge is 2.41. The second-order valence-corrected chi connectivity index (χ2v) is 7.52. The monoisotopic (exact) mass is 376 g/mol. The summed E-state index contributed by atoms with van der Waals surface area (Å²) < 4.78 is 2.14. The maximum Gasteiger partial charge on any atom is 0.268 e. The summed E-state index contributed by atoms with van der Waals surface area (Å²) in [5, 5.41) is 7.00. The second kappa shape index (κ2) is 6.40. The standard InChI is InChI=1S/C20H20N6O2/c27-11-13-4-5-16(21-9-13)24-19-22-10-14-8-15-18(28)23-12-20(6-2-1-3-7-20)26(15)17(14)25-19/h4-5,8-11H,1-3,6-7,12H2,(H,23,28)(H,21,22,24,25). The van der Waals surface area contributed by atoms with Crippen LogP contribution in [0.15, 0.2) is 30.6 Å². The van der Waals surface area contributed by atoms with Crippen LogP contribution in [0.1, 0.15) is 53.0 Å². The zero-order chi connectivity index (χ0) is 19.1. The van der Waals surface area contributed by atoms with Crippen molar-refractivity contribution >= 4 is 35.0 Å². The molecule has 2 N–H and O–H groups in total. The molecule has 3 aromatic heterocycles. The van der Waals surface area contributed by atoms with Crippen molar-refractivity contribution < 1.29 is 9.59 Å². The van der Waals surface area contributed by atoms with Crippen LogP contribution in [0.5, 0.6) is 0 Å². The predicted molar refractivity (Wildman–Crippen MR) is 104 cm³/mol. The molecule has 4 heterocycles. The van der Waals surface area contributed by atoms with Crippen LogP contribution in [-0.4, -0.2) is 38.3 Å². The first kappa shape index (κ1) is 16.9. The fourth-order valence-electron chi connectivity index (χ4n) is 4.38. The van der Waals surface area contributed by atoms with Gasteiger partial charge in [-0.1, -0.05) is 19.3 Å². The van der Waals surface area contributed by atoms with Crippen molar-refractivity contribution in [2.75, 3.05) is 11.9 Å². The molecule has 8 heteroatoms. The first-order valence-electron chi connectivity index (χ1n) is 9.54. The number of hydrogen-bond acceptors (Lipinski definition) is 6. The summed E-state index contributed by atoms with van der Waals surface area (Å²) >= 11 is 0. The molecule has 8 nitrogen and oxygen atoms in total. The maximum absolute atomic E-state index is 12.5. The van der Waals surface area contributed by atoms with Gasteiger partial charge in [-0.25, -0.2) is 9.97 Å². The third-order valence-electron chi connectivity index (χ3n) is 5.77. The Morgan fingerprint density at radius 3 is 2.75 bits per heavy atom. The minimum Gasteiger partial charge on any atom is -0.348 e. The van der Waals surface area contributed by atoms with Gasteiger partial charge in [0.05, 0.1) is 5.54 Å². The largest absolute Gasteiger partial charge is 0.348 e. The molecule has 0 radical (unpaired) electrons. The Bertz CT molecular complexity index is 1070. The van der Waals surface area contributed by atoms with Gasteiger partial charge in [0.1, 0.15) is 17.2 Å². The first-order valence-corrected chi connectivity index (χ1v) is 9.54. The van der Waals surface area contributed by atoms with Crippen molar-refractivity contribution in [3.05, 3.63) is 41.9 Å². The zero-order valence-corrected chi connectivity index (χ0v) is 15.3. The second-order valence-electron chi connectivity index (χ2n) is 7.52. The fourth-order valence-corrected chi connectivity index (χ4v) is 4.38. The molecule has 0 aromatic carbocycles. The van der Waals surface area contributed by atoms with Crippen molar-refractivity contribution in [3.63, 3.8) is 0 Å². The molecule has 0 bridgehead atoms. The van der Waals surface area contributed by atoms with Crippen molar-refractivity contribution in [1.82, 2.24) is 24.8 Å². The van der Waals surface area contributed by atoms with Crippen molar-refractivity contribution in [2.45, 2.75) is 37.6 Å². The fraction of sp³-hybridized carbons (Fsp3) is 0.350. The lowest BCUT2D eigenvalue weighted by molar-refractivity contribution is 0.0833. The van der Waals surface area contributed by atoms with Gasteiger partial charge in [-0.2, -0.15) is 4.98 Å². The normalized spacial score (nSPS) is 17.9. The highest BCUT2D eigenvalue weighted by Crippen LogP contribution is 2.40. The number of anilines is 2. The average Bonchev–Trinajstić information content (AvgIpc) is 3.13. The number of carbonyl (C=O) groups is 2. The van der Waals surface area contributed by atoms with Crippen LogP contribution in [0.2, 0.25) is 0 Å². The molecular weight excluding hydrogens is 356 g/mol. The lowest BCUT2D eigenvalue weighted by atomic mass is 9.80. The van der Waals surface area contributed by atoms with Crippen LogP contribution in [0.4, 0.5) is 11.8 Å². The molecule has 1 amide bonds. The van der Waals surface area contributed by atoms with E-state index in [4.69, 9.17) is 4.98 Å². The Kier molecular flexibility index (Phi) is 3.85. The SMILES string of the molecule is O=Cc1ccc(Nc2ncc3cc4n(c3n2)C2(CCCCC2)CNC4=O)nc1. The van der Waals surface area contributed by atoms with Crippen LogP contribution in [-0.2, 0) is 5.54 Å². The summed E-state index contributed by atoms with van der Waals surface area (Å²) in [5.74, 6) is 0.909. The van der Waals surface area contributed by atoms with Crippen LogP contribution in [0, 0.1) is 0 Å². The number of carbonyl (C=O) groups excluding carboxylic acids is 2. The Morgan fingerprint density at radius 2 is 2.00 bits per heavy atom. The Hall–Kier alpha value is -3.29. The summed E-state index contributed by atoms with van der Waals surface area (Å²) in [6, 6.07) is 5.27. The molecule has 1 spiro atoms. The van der Waals surface area contributed by atoms with E-state index in [1.807, 2.05) is 6.07 Å². The van der Waals surface area contributed by atoms with E-state index in [0.29, 0.717) is 29.6 Å². The van der Waals surface area contributed by atoms with Gasteiger partial charge in [0.15, 0.2) is 6.29 Å². The summed E-state index contributed by atoms with van der Waals surface area (Å²) in [5.41, 5.74) is 1.82. The van der Waals surface area contributed by atoms with E-state index in [0.717, 1.165) is 43.0 Å². The number of aromatic nitrogens is 4. The minimum absolute atomic E-state index is 0.0603. The topological polar surface area (TPSA) is 102 Å². The summed E-state index contributed by atoms with van der Waals surface area (Å²) in [6.07, 6.45) is 9.58. The van der Waals surface area contributed by atoms with Crippen molar-refractivity contribution in [2.24, 2.45) is 0 Å². The van der Waals surface area contributed by atoms with E-state index in [1.54, 1.807) is 18.3 Å². The van der Waals surface area contributed by atoms with Crippen LogP contribution in [0.25, 0.3) is 11.0 Å². The number of nitrogens with zero attached hydrogens (tertiary/aromatic N) is 4. The van der Waals surface area contributed by atoms with E-state index in [9.17, 15) is 9.59 Å². The smallest absolute Gasteiger partial charge is 0.268 e. The van der Waals surface area contributed by atoms with Crippen molar-refractivity contribution in [3.8, 4) is 0 Å². The zero-order valence-electron chi connectivity index (χ0n) is 15.3. The first-order chi connectivity index (χ1) is 13.7. The van der Waals surface area contributed by atoms with Crippen molar-refractivity contribution in [1.29, 1.82) is 0 Å². The third-order valence-corrected chi connectivity index (χ3v) is 5.77. The van der Waals surface area contributed by atoms with Gasteiger partial charge in [0, 0.05) is 29.9 Å². The summed E-state index contributed by atoms with van der Waals surface area (Å²) in [6.45, 7) is 0.643. The average molecular weight is 376 g/mol. The van der Waals surface area contributed by atoms with Crippen LogP contribution in [0.3, 0.4) is 0 Å². The molecule has 3 aromatic rings. The lowest BCUT2D eigenvalue weighted by Crippen LogP contribution is -2.52. The van der Waals surface area contributed by atoms with Gasteiger partial charge < -0.3 is 15.2 Å². The Morgan fingerprint density at radius 1 is 1.14 bits per heavy atom. The number of amides is 1. The molecule has 5 rings (SSSR count). The van der Waals surface area contributed by atoms with Gasteiger partial charge >= 0.3 is 0 Å². The number of aldehydes is 1. The number of hydrogen-bond donors (Lipinski definition) is 2. The maximum atomic E-state index is 12.5. The lowest BCUT2D eigenvalue weighted by Gasteiger charge is -2.42. The van der Waals surface area contributed by atoms with E-state index >= 15 is 0 Å². The molecule has 1 saturated carbocycles. The third kappa shape index (κ3) is 2.64. The van der Waals surface area contributed by atoms with E-state index in [-0.39, 0.29) is 11.4 Å². The molecule has 0 unspecified atom stereocenters. The molecule has 28 heavy (non-hydrogen) atoms. The van der Waals surface area contributed by atoms with Gasteiger partial charge in [-0.05, 0) is 31.0 Å². The summed E-state index contributed by atoms with van der Waals surface area (Å²) in [4.78, 5) is 36.6. The van der Waals surface area contributed by atoms with E-state index < -0.39 is 0 Å². The van der Waals surface area contributed by atoms with Gasteiger partial charge in [-0.3, -0.25) is 9.59 Å². The Labute approximate surface area is 161 Å². The van der Waals surface area contributed by atoms with E-state index in [2.05, 4.69) is 25.2 Å². The predicted octanol–water partition coefficient (Wildman–Crippen LogP) is 2.79. The molecule has 142 valence electrons. The molecule has 0 saturated heterocycles. The van der Waals surface area contributed by atoms with Crippen LogP contribution < -0.4 is 10.6 Å². The summed E-state index contributed by atoms with van der Waals surface area (Å²) in [7, 11) is 0. The van der Waals surface area contributed by atoms with Crippen LogP contribution >= 0.6 is 0 Å². The Balaban J connectivity index is 1.58. The number of pyridine rings is 1. The molecule has 1 fully saturated rings. The quantitative estimate of drug-likeness (QED) is 0.682. The molecule has 1 aliphatic carbocycles. The molecule has 2 aliphatic rings. The molecule has 0 atom stereocenters. The number of rotatable bonds is 3. The van der Waals surface area contributed by atoms with Gasteiger partial charge in [-0.15, -0.1) is 0 Å². The van der Waals surface area contributed by atoms with E-state index in [1.165, 1.54) is 12.6 Å². The highest BCUT2D eigenvalue weighted by atomic mass is 16.2.